The molecule has 1 aromatic carbocycles. The van der Waals surface area contributed by atoms with E-state index in [1.54, 1.807) is 4.57 Å². The first-order chi connectivity index (χ1) is 8.16. The quantitative estimate of drug-likeness (QED) is 0.657. The van der Waals surface area contributed by atoms with Gasteiger partial charge in [0.15, 0.2) is 0 Å². The van der Waals surface area contributed by atoms with E-state index in [9.17, 15) is 4.79 Å². The van der Waals surface area contributed by atoms with E-state index in [1.807, 2.05) is 30.5 Å². The summed E-state index contributed by atoms with van der Waals surface area (Å²) < 4.78 is 3.67. The lowest BCUT2D eigenvalue weighted by atomic mass is 10.1. The first-order valence-electron chi connectivity index (χ1n) is 5.26. The maximum absolute atomic E-state index is 11.9. The minimum absolute atomic E-state index is 0.0990. The zero-order valence-electron chi connectivity index (χ0n) is 9.07. The molecule has 0 saturated heterocycles. The standard InChI is InChI=1S/C13H11I2NO/c14-11-8-12(15)13(17)16(9-11)7-6-10-4-2-1-3-5-10/h1-5,8-9H,6-7H2. The molecule has 0 atom stereocenters. The van der Waals surface area contributed by atoms with Crippen LogP contribution in [0, 0.1) is 7.14 Å². The summed E-state index contributed by atoms with van der Waals surface area (Å²) in [5, 5.41) is 0. The number of nitrogens with zero attached hydrogens (tertiary/aromatic N) is 1. The summed E-state index contributed by atoms with van der Waals surface area (Å²) in [4.78, 5) is 11.9. The van der Waals surface area contributed by atoms with Crippen molar-refractivity contribution in [3.05, 3.63) is 65.7 Å². The number of hydrogen-bond donors (Lipinski definition) is 0. The molecular formula is C13H11I2NO. The average molecular weight is 451 g/mol. The summed E-state index contributed by atoms with van der Waals surface area (Å²) in [7, 11) is 0. The third kappa shape index (κ3) is 3.54. The summed E-state index contributed by atoms with van der Waals surface area (Å²) in [6, 6.07) is 12.1. The second kappa shape index (κ2) is 5.99. The Morgan fingerprint density at radius 1 is 1.12 bits per heavy atom. The van der Waals surface area contributed by atoms with Crippen LogP contribution in [0.2, 0.25) is 0 Å². The van der Waals surface area contributed by atoms with Crippen molar-refractivity contribution in [1.82, 2.24) is 4.57 Å². The van der Waals surface area contributed by atoms with Gasteiger partial charge in [-0.25, -0.2) is 0 Å². The normalized spacial score (nSPS) is 10.5. The first-order valence-corrected chi connectivity index (χ1v) is 7.42. The highest BCUT2D eigenvalue weighted by Gasteiger charge is 2.03. The highest BCUT2D eigenvalue weighted by molar-refractivity contribution is 14.1. The maximum Gasteiger partial charge on any atom is 0.264 e. The van der Waals surface area contributed by atoms with Gasteiger partial charge in [0.1, 0.15) is 0 Å². The minimum atomic E-state index is 0.0990. The van der Waals surface area contributed by atoms with Gasteiger partial charge in [0, 0.05) is 16.3 Å². The lowest BCUT2D eigenvalue weighted by Gasteiger charge is -2.07. The van der Waals surface area contributed by atoms with Crippen LogP contribution in [0.5, 0.6) is 0 Å². The van der Waals surface area contributed by atoms with Gasteiger partial charge in [-0.15, -0.1) is 0 Å². The fourth-order valence-electron chi connectivity index (χ4n) is 1.63. The van der Waals surface area contributed by atoms with Crippen molar-refractivity contribution in [2.45, 2.75) is 13.0 Å². The van der Waals surface area contributed by atoms with Gasteiger partial charge in [-0.3, -0.25) is 4.79 Å². The Labute approximate surface area is 127 Å². The van der Waals surface area contributed by atoms with Crippen molar-refractivity contribution in [3.8, 4) is 0 Å². The second-order valence-corrected chi connectivity index (χ2v) is 6.15. The van der Waals surface area contributed by atoms with Crippen LogP contribution in [0.3, 0.4) is 0 Å². The van der Waals surface area contributed by atoms with E-state index in [0.29, 0.717) is 0 Å². The van der Waals surface area contributed by atoms with Gasteiger partial charge >= 0.3 is 0 Å². The van der Waals surface area contributed by atoms with E-state index in [2.05, 4.69) is 57.3 Å². The molecule has 2 aromatic rings. The van der Waals surface area contributed by atoms with Gasteiger partial charge in [0.05, 0.1) is 3.57 Å². The summed E-state index contributed by atoms with van der Waals surface area (Å²) in [6.45, 7) is 0.732. The fourth-order valence-corrected chi connectivity index (χ4v) is 3.51. The average Bonchev–Trinajstić information content (AvgIpc) is 2.33. The molecule has 17 heavy (non-hydrogen) atoms. The van der Waals surface area contributed by atoms with Crippen LogP contribution in [0.15, 0.2) is 47.4 Å². The van der Waals surface area contributed by atoms with Crippen molar-refractivity contribution >= 4 is 45.2 Å². The molecule has 0 aliphatic heterocycles. The number of halogens is 2. The van der Waals surface area contributed by atoms with Crippen molar-refractivity contribution in [2.75, 3.05) is 0 Å². The van der Waals surface area contributed by atoms with Crippen molar-refractivity contribution in [1.29, 1.82) is 0 Å². The molecule has 0 amide bonds. The van der Waals surface area contributed by atoms with Gasteiger partial charge in [-0.1, -0.05) is 30.3 Å². The lowest BCUT2D eigenvalue weighted by molar-refractivity contribution is 0.664. The van der Waals surface area contributed by atoms with Crippen molar-refractivity contribution < 1.29 is 0 Å². The number of benzene rings is 1. The smallest absolute Gasteiger partial charge is 0.264 e. The van der Waals surface area contributed by atoms with Gasteiger partial charge in [-0.2, -0.15) is 0 Å². The van der Waals surface area contributed by atoms with E-state index in [-0.39, 0.29) is 5.56 Å². The van der Waals surface area contributed by atoms with E-state index < -0.39 is 0 Å². The third-order valence-electron chi connectivity index (χ3n) is 2.49. The molecule has 0 radical (unpaired) electrons. The molecule has 2 nitrogen and oxygen atoms in total. The third-order valence-corrected chi connectivity index (χ3v) is 3.86. The van der Waals surface area contributed by atoms with Crippen LogP contribution in [-0.4, -0.2) is 4.57 Å². The highest BCUT2D eigenvalue weighted by atomic mass is 127. The van der Waals surface area contributed by atoms with E-state index in [4.69, 9.17) is 0 Å². The molecule has 0 bridgehead atoms. The van der Waals surface area contributed by atoms with Gasteiger partial charge < -0.3 is 4.57 Å². The van der Waals surface area contributed by atoms with Crippen LogP contribution in [-0.2, 0) is 13.0 Å². The predicted octanol–water partition coefficient (Wildman–Crippen LogP) is 3.30. The topological polar surface area (TPSA) is 22.0 Å². The Morgan fingerprint density at radius 2 is 1.82 bits per heavy atom. The lowest BCUT2D eigenvalue weighted by Crippen LogP contribution is -2.23. The molecule has 0 saturated carbocycles. The summed E-state index contributed by atoms with van der Waals surface area (Å²) in [5.41, 5.74) is 1.36. The van der Waals surface area contributed by atoms with Gasteiger partial charge in [0.2, 0.25) is 0 Å². The molecule has 0 unspecified atom stereocenters. The van der Waals surface area contributed by atoms with Crippen molar-refractivity contribution in [3.63, 3.8) is 0 Å². The Balaban J connectivity index is 2.17. The molecule has 2 rings (SSSR count). The minimum Gasteiger partial charge on any atom is -0.313 e. The predicted molar refractivity (Wildman–Crippen MR) is 86.3 cm³/mol. The number of hydrogen-bond acceptors (Lipinski definition) is 1. The molecule has 4 heteroatoms. The number of aromatic nitrogens is 1. The summed E-state index contributed by atoms with van der Waals surface area (Å²) in [6.07, 6.45) is 2.80. The Morgan fingerprint density at radius 3 is 2.53 bits per heavy atom. The first kappa shape index (κ1) is 13.1. The molecule has 1 aromatic heterocycles. The van der Waals surface area contributed by atoms with E-state index in [0.717, 1.165) is 20.1 Å². The maximum atomic E-state index is 11.9. The van der Waals surface area contributed by atoms with Crippen molar-refractivity contribution in [2.24, 2.45) is 0 Å². The molecule has 0 fully saturated rings. The Kier molecular flexibility index (Phi) is 4.61. The SMILES string of the molecule is O=c1c(I)cc(I)cn1CCc1ccccc1. The zero-order chi connectivity index (χ0) is 12.3. The molecule has 1 heterocycles. The summed E-state index contributed by atoms with van der Waals surface area (Å²) >= 11 is 4.33. The highest BCUT2D eigenvalue weighted by Crippen LogP contribution is 2.07. The molecule has 0 N–H and O–H groups in total. The zero-order valence-corrected chi connectivity index (χ0v) is 13.4. The number of aryl methyl sites for hydroxylation is 2. The second-order valence-electron chi connectivity index (χ2n) is 3.74. The van der Waals surface area contributed by atoms with Crippen LogP contribution in [0.25, 0.3) is 0 Å². The van der Waals surface area contributed by atoms with E-state index in [1.165, 1.54) is 5.56 Å². The fraction of sp³-hybridized carbons (Fsp3) is 0.154. The molecular weight excluding hydrogens is 440 g/mol. The largest absolute Gasteiger partial charge is 0.313 e. The molecule has 0 aliphatic rings. The molecule has 0 spiro atoms. The Hall–Kier alpha value is -0.370. The van der Waals surface area contributed by atoms with Gasteiger partial charge in [0.25, 0.3) is 5.56 Å². The monoisotopic (exact) mass is 451 g/mol. The Bertz CT molecular complexity index is 563. The van der Waals surface area contributed by atoms with E-state index >= 15 is 0 Å². The van der Waals surface area contributed by atoms with Crippen LogP contribution >= 0.6 is 45.2 Å². The van der Waals surface area contributed by atoms with Crippen LogP contribution < -0.4 is 5.56 Å². The summed E-state index contributed by atoms with van der Waals surface area (Å²) in [5.74, 6) is 0. The molecule has 0 aliphatic carbocycles. The van der Waals surface area contributed by atoms with Gasteiger partial charge in [-0.05, 0) is 63.2 Å². The number of rotatable bonds is 3. The molecule has 88 valence electrons. The van der Waals surface area contributed by atoms with Crippen LogP contribution in [0.4, 0.5) is 0 Å². The van der Waals surface area contributed by atoms with Crippen LogP contribution in [0.1, 0.15) is 5.56 Å². The number of pyridine rings is 1.